The number of ether oxygens (including phenoxy) is 1. The van der Waals surface area contributed by atoms with Crippen LogP contribution < -0.4 is 10.5 Å². The van der Waals surface area contributed by atoms with Gasteiger partial charge in [0.1, 0.15) is 4.90 Å². The molecule has 0 aliphatic heterocycles. The highest BCUT2D eigenvalue weighted by atomic mass is 32.2. The molecule has 1 heterocycles. The number of rotatable bonds is 7. The summed E-state index contributed by atoms with van der Waals surface area (Å²) in [4.78, 5) is 0.240. The first-order chi connectivity index (χ1) is 8.40. The van der Waals surface area contributed by atoms with Crippen LogP contribution in [0.2, 0.25) is 0 Å². The van der Waals surface area contributed by atoms with Crippen molar-refractivity contribution in [1.82, 2.24) is 14.5 Å². The summed E-state index contributed by atoms with van der Waals surface area (Å²) in [7, 11) is -1.82. The smallest absolute Gasteiger partial charge is 0.244 e. The van der Waals surface area contributed by atoms with Gasteiger partial charge < -0.3 is 10.5 Å². The molecule has 104 valence electrons. The van der Waals surface area contributed by atoms with E-state index in [1.54, 1.807) is 25.6 Å². The van der Waals surface area contributed by atoms with Gasteiger partial charge in [-0.05, 0) is 13.8 Å². The van der Waals surface area contributed by atoms with Gasteiger partial charge in [-0.2, -0.15) is 5.10 Å². The van der Waals surface area contributed by atoms with E-state index >= 15 is 0 Å². The van der Waals surface area contributed by atoms with Gasteiger partial charge in [-0.25, -0.2) is 13.1 Å². The molecule has 18 heavy (non-hydrogen) atoms. The minimum atomic E-state index is -3.53. The maximum atomic E-state index is 12.1. The summed E-state index contributed by atoms with van der Waals surface area (Å²) >= 11 is 0. The van der Waals surface area contributed by atoms with Crippen LogP contribution in [0.4, 0.5) is 0 Å². The molecule has 8 heteroatoms. The fourth-order valence-electron chi connectivity index (χ4n) is 1.65. The van der Waals surface area contributed by atoms with Crippen LogP contribution in [0.15, 0.2) is 4.90 Å². The quantitative estimate of drug-likeness (QED) is 0.641. The van der Waals surface area contributed by atoms with E-state index in [9.17, 15) is 8.42 Å². The molecule has 0 aliphatic rings. The number of nitrogens with two attached hydrogens (primary N) is 1. The van der Waals surface area contributed by atoms with E-state index in [2.05, 4.69) is 9.82 Å². The van der Waals surface area contributed by atoms with Gasteiger partial charge >= 0.3 is 0 Å². The van der Waals surface area contributed by atoms with Crippen molar-refractivity contribution in [1.29, 1.82) is 0 Å². The van der Waals surface area contributed by atoms with Crippen LogP contribution in [-0.2, 0) is 21.8 Å². The second-order valence-electron chi connectivity index (χ2n) is 3.92. The lowest BCUT2D eigenvalue weighted by atomic mass is 10.4. The summed E-state index contributed by atoms with van der Waals surface area (Å²) in [6, 6.07) is 0. The Labute approximate surface area is 107 Å². The molecule has 1 aromatic rings. The summed E-state index contributed by atoms with van der Waals surface area (Å²) in [5, 5.41) is 4.08. The Bertz CT molecular complexity index is 495. The Morgan fingerprint density at radius 1 is 1.39 bits per heavy atom. The number of nitrogens with zero attached hydrogens (tertiary/aromatic N) is 2. The van der Waals surface area contributed by atoms with Gasteiger partial charge in [0, 0.05) is 20.1 Å². The number of sulfonamides is 1. The van der Waals surface area contributed by atoms with E-state index in [1.807, 2.05) is 0 Å². The van der Waals surface area contributed by atoms with Crippen molar-refractivity contribution in [2.24, 2.45) is 12.8 Å². The molecule has 0 saturated carbocycles. The van der Waals surface area contributed by atoms with E-state index in [-0.39, 0.29) is 11.4 Å². The lowest BCUT2D eigenvalue weighted by Gasteiger charge is -2.07. The molecule has 0 aliphatic carbocycles. The average Bonchev–Trinajstić information content (AvgIpc) is 2.53. The normalized spacial score (nSPS) is 12.0. The third kappa shape index (κ3) is 3.52. The van der Waals surface area contributed by atoms with Crippen LogP contribution in [-0.4, -0.2) is 44.5 Å². The van der Waals surface area contributed by atoms with Crippen LogP contribution in [0.25, 0.3) is 0 Å². The highest BCUT2D eigenvalue weighted by Crippen LogP contribution is 2.17. The minimum absolute atomic E-state index is 0.218. The Kier molecular flexibility index (Phi) is 5.27. The highest BCUT2D eigenvalue weighted by molar-refractivity contribution is 7.89. The monoisotopic (exact) mass is 276 g/mol. The Morgan fingerprint density at radius 3 is 2.56 bits per heavy atom. The molecule has 0 saturated heterocycles. The van der Waals surface area contributed by atoms with Crippen LogP contribution in [0, 0.1) is 13.8 Å². The van der Waals surface area contributed by atoms with Crippen molar-refractivity contribution in [3.8, 4) is 0 Å². The first-order valence-electron chi connectivity index (χ1n) is 5.68. The molecule has 1 aromatic heterocycles. The standard InChI is InChI=1S/C10H20N4O3S/c1-8-10(9(2)14(3)13-8)18(15,16)12-5-7-17-6-4-11/h12H,4-7,11H2,1-3H3. The number of hydrogen-bond donors (Lipinski definition) is 2. The van der Waals surface area contributed by atoms with Crippen molar-refractivity contribution in [2.75, 3.05) is 26.3 Å². The minimum Gasteiger partial charge on any atom is -0.379 e. The number of hydrogen-bond acceptors (Lipinski definition) is 5. The summed E-state index contributed by atoms with van der Waals surface area (Å²) in [5.74, 6) is 0. The lowest BCUT2D eigenvalue weighted by Crippen LogP contribution is -2.28. The molecule has 7 nitrogen and oxygen atoms in total. The molecular weight excluding hydrogens is 256 g/mol. The second-order valence-corrected chi connectivity index (χ2v) is 5.63. The van der Waals surface area contributed by atoms with Crippen molar-refractivity contribution in [3.63, 3.8) is 0 Å². The SMILES string of the molecule is Cc1nn(C)c(C)c1S(=O)(=O)NCCOCCN. The van der Waals surface area contributed by atoms with E-state index in [4.69, 9.17) is 10.5 Å². The largest absolute Gasteiger partial charge is 0.379 e. The predicted molar refractivity (Wildman–Crippen MR) is 67.7 cm³/mol. The highest BCUT2D eigenvalue weighted by Gasteiger charge is 2.22. The zero-order valence-electron chi connectivity index (χ0n) is 10.9. The molecule has 0 fully saturated rings. The summed E-state index contributed by atoms with van der Waals surface area (Å²) < 4.78 is 33.3. The molecular formula is C10H20N4O3S. The topological polar surface area (TPSA) is 99.2 Å². The van der Waals surface area contributed by atoms with Gasteiger partial charge in [0.05, 0.1) is 24.6 Å². The first-order valence-corrected chi connectivity index (χ1v) is 7.16. The molecule has 0 spiro atoms. The van der Waals surface area contributed by atoms with Crippen LogP contribution in [0.5, 0.6) is 0 Å². The maximum Gasteiger partial charge on any atom is 0.244 e. The van der Waals surface area contributed by atoms with Gasteiger partial charge in [0.2, 0.25) is 10.0 Å². The van der Waals surface area contributed by atoms with E-state index in [1.165, 1.54) is 0 Å². The van der Waals surface area contributed by atoms with Crippen molar-refractivity contribution in [2.45, 2.75) is 18.7 Å². The molecule has 0 amide bonds. The fourth-order valence-corrected chi connectivity index (χ4v) is 3.10. The van der Waals surface area contributed by atoms with E-state index in [0.717, 1.165) is 0 Å². The number of aromatic nitrogens is 2. The van der Waals surface area contributed by atoms with Crippen LogP contribution >= 0.6 is 0 Å². The second kappa shape index (κ2) is 6.28. The molecule has 0 aromatic carbocycles. The van der Waals surface area contributed by atoms with E-state index in [0.29, 0.717) is 31.1 Å². The van der Waals surface area contributed by atoms with Crippen molar-refractivity contribution < 1.29 is 13.2 Å². The van der Waals surface area contributed by atoms with E-state index < -0.39 is 10.0 Å². The van der Waals surface area contributed by atoms with Crippen molar-refractivity contribution in [3.05, 3.63) is 11.4 Å². The molecule has 0 radical (unpaired) electrons. The van der Waals surface area contributed by atoms with Crippen LogP contribution in [0.3, 0.4) is 0 Å². The lowest BCUT2D eigenvalue weighted by molar-refractivity contribution is 0.147. The van der Waals surface area contributed by atoms with Gasteiger partial charge in [0.15, 0.2) is 0 Å². The van der Waals surface area contributed by atoms with Crippen LogP contribution in [0.1, 0.15) is 11.4 Å². The molecule has 0 bridgehead atoms. The van der Waals surface area contributed by atoms with Gasteiger partial charge in [0.25, 0.3) is 0 Å². The Hall–Kier alpha value is -0.960. The zero-order chi connectivity index (χ0) is 13.8. The predicted octanol–water partition coefficient (Wildman–Crippen LogP) is -0.709. The molecule has 0 unspecified atom stereocenters. The Balaban J connectivity index is 2.69. The number of aryl methyl sites for hydroxylation is 2. The third-order valence-electron chi connectivity index (χ3n) is 2.51. The maximum absolute atomic E-state index is 12.1. The molecule has 0 atom stereocenters. The zero-order valence-corrected chi connectivity index (χ0v) is 11.7. The fraction of sp³-hybridized carbons (Fsp3) is 0.700. The summed E-state index contributed by atoms with van der Waals surface area (Å²) in [6.07, 6.45) is 0. The van der Waals surface area contributed by atoms with Gasteiger partial charge in [-0.3, -0.25) is 4.68 Å². The molecule has 3 N–H and O–H groups in total. The molecule has 1 rings (SSSR count). The average molecular weight is 276 g/mol. The van der Waals surface area contributed by atoms with Gasteiger partial charge in [-0.1, -0.05) is 0 Å². The summed E-state index contributed by atoms with van der Waals surface area (Å²) in [5.41, 5.74) is 6.36. The first kappa shape index (κ1) is 15.1. The summed E-state index contributed by atoms with van der Waals surface area (Å²) in [6.45, 7) is 4.76. The third-order valence-corrected chi connectivity index (χ3v) is 4.22. The van der Waals surface area contributed by atoms with Gasteiger partial charge in [-0.15, -0.1) is 0 Å². The van der Waals surface area contributed by atoms with Crippen molar-refractivity contribution >= 4 is 10.0 Å². The Morgan fingerprint density at radius 2 is 2.06 bits per heavy atom. The number of nitrogens with one attached hydrogen (secondary N) is 1.